The lowest BCUT2D eigenvalue weighted by molar-refractivity contribution is -0.119. The van der Waals surface area contributed by atoms with Crippen LogP contribution in [0.4, 0.5) is 5.69 Å². The molecule has 0 radical (unpaired) electrons. The van der Waals surface area contributed by atoms with Crippen molar-refractivity contribution < 1.29 is 9.53 Å². The van der Waals surface area contributed by atoms with Crippen molar-refractivity contribution >= 4 is 24.0 Å². The number of nitrogens with zero attached hydrogens (tertiary/aromatic N) is 1. The smallest absolute Gasteiger partial charge is 0.230 e. The summed E-state index contributed by atoms with van der Waals surface area (Å²) in [5.41, 5.74) is 4.74. The Hall–Kier alpha value is -2.08. The number of amides is 1. The third-order valence-electron chi connectivity index (χ3n) is 7.12. The summed E-state index contributed by atoms with van der Waals surface area (Å²) in [5, 5.41) is 7.57. The number of piperidine rings is 1. The summed E-state index contributed by atoms with van der Waals surface area (Å²) < 4.78 is 5.75. The lowest BCUT2D eigenvalue weighted by Crippen LogP contribution is -2.49. The number of anilines is 1. The molecule has 0 spiro atoms. The van der Waals surface area contributed by atoms with Gasteiger partial charge in [-0.2, -0.15) is 0 Å². The Balaban J connectivity index is 0.00000231. The predicted octanol–water partition coefficient (Wildman–Crippen LogP) is 4.17. The van der Waals surface area contributed by atoms with E-state index in [0.717, 1.165) is 42.8 Å². The van der Waals surface area contributed by atoms with Crippen LogP contribution in [0.3, 0.4) is 0 Å². The highest BCUT2D eigenvalue weighted by atomic mass is 35.5. The average molecular weight is 442 g/mol. The topological polar surface area (TPSA) is 53.6 Å². The molecule has 31 heavy (non-hydrogen) atoms. The van der Waals surface area contributed by atoms with Crippen LogP contribution in [0, 0.1) is 5.92 Å². The molecular formula is C25H32ClN3O2. The van der Waals surface area contributed by atoms with Gasteiger partial charge in [-0.15, -0.1) is 12.4 Å². The maximum atomic E-state index is 12.5. The van der Waals surface area contributed by atoms with Gasteiger partial charge in [0.25, 0.3) is 0 Å². The third kappa shape index (κ3) is 4.07. The molecule has 0 unspecified atom stereocenters. The Morgan fingerprint density at radius 1 is 1.16 bits per heavy atom. The van der Waals surface area contributed by atoms with Gasteiger partial charge in [-0.05, 0) is 55.4 Å². The SMILES string of the molecule is COc1cc2c(cc1CN[C@H]1CC[C@H](C)N[C@H]1c1ccccc1)N(C)C(=O)[C@H]1C[C@@H]21.Cl. The maximum absolute atomic E-state index is 12.5. The van der Waals surface area contributed by atoms with E-state index in [1.54, 1.807) is 7.11 Å². The van der Waals surface area contributed by atoms with Crippen molar-refractivity contribution in [1.82, 2.24) is 10.6 Å². The summed E-state index contributed by atoms with van der Waals surface area (Å²) in [6.07, 6.45) is 3.26. The standard InChI is InChI=1S/C25H31N3O2.ClH/c1-15-9-10-21(24(27-15)16-7-5-4-6-8-16)26-14-17-11-22-19(13-23(17)30-3)18-12-20(18)25(29)28(22)2;/h4-8,11,13,15,18,20-21,24,26-27H,9-10,12,14H2,1-3H3;1H/t15-,18-,20-,21-,24-;/m0./s1. The Morgan fingerprint density at radius 3 is 2.68 bits per heavy atom. The molecule has 2 fully saturated rings. The zero-order chi connectivity index (χ0) is 20.8. The largest absolute Gasteiger partial charge is 0.496 e. The summed E-state index contributed by atoms with van der Waals surface area (Å²) >= 11 is 0. The van der Waals surface area contributed by atoms with E-state index < -0.39 is 0 Å². The highest BCUT2D eigenvalue weighted by Crippen LogP contribution is 2.56. The van der Waals surface area contributed by atoms with E-state index in [0.29, 0.717) is 18.0 Å². The molecule has 1 amide bonds. The zero-order valence-electron chi connectivity index (χ0n) is 18.4. The predicted molar refractivity (Wildman–Crippen MR) is 126 cm³/mol. The zero-order valence-corrected chi connectivity index (χ0v) is 19.2. The van der Waals surface area contributed by atoms with Crippen LogP contribution < -0.4 is 20.3 Å². The van der Waals surface area contributed by atoms with Crippen molar-refractivity contribution in [2.75, 3.05) is 19.1 Å². The Morgan fingerprint density at radius 2 is 1.94 bits per heavy atom. The van der Waals surface area contributed by atoms with Crippen LogP contribution in [-0.4, -0.2) is 32.1 Å². The van der Waals surface area contributed by atoms with E-state index in [1.165, 1.54) is 11.1 Å². The molecule has 2 aromatic carbocycles. The number of fused-ring (bicyclic) bond motifs is 3. The summed E-state index contributed by atoms with van der Waals surface area (Å²) in [6.45, 7) is 2.98. The fourth-order valence-electron chi connectivity index (χ4n) is 5.27. The number of carbonyl (C=O) groups excluding carboxylic acids is 1. The van der Waals surface area contributed by atoms with Gasteiger partial charge in [0.1, 0.15) is 5.75 Å². The highest BCUT2D eigenvalue weighted by Gasteiger charge is 2.50. The summed E-state index contributed by atoms with van der Waals surface area (Å²) in [7, 11) is 3.64. The van der Waals surface area contributed by atoms with E-state index >= 15 is 0 Å². The van der Waals surface area contributed by atoms with Gasteiger partial charge in [0.2, 0.25) is 5.91 Å². The minimum absolute atomic E-state index is 0. The first-order valence-electron chi connectivity index (χ1n) is 11.1. The molecule has 5 rings (SSSR count). The number of hydrogen-bond acceptors (Lipinski definition) is 4. The van der Waals surface area contributed by atoms with Crippen molar-refractivity contribution in [3.8, 4) is 5.75 Å². The molecule has 166 valence electrons. The number of ether oxygens (including phenoxy) is 1. The van der Waals surface area contributed by atoms with Crippen LogP contribution in [-0.2, 0) is 11.3 Å². The van der Waals surface area contributed by atoms with Crippen molar-refractivity contribution in [3.05, 3.63) is 59.2 Å². The molecule has 6 heteroatoms. The van der Waals surface area contributed by atoms with Crippen LogP contribution in [0.15, 0.2) is 42.5 Å². The number of hydrogen-bond donors (Lipinski definition) is 2. The fraction of sp³-hybridized carbons (Fsp3) is 0.480. The van der Waals surface area contributed by atoms with Gasteiger partial charge in [0.15, 0.2) is 0 Å². The number of nitrogens with one attached hydrogen (secondary N) is 2. The molecule has 0 bridgehead atoms. The molecule has 1 saturated heterocycles. The lowest BCUT2D eigenvalue weighted by atomic mass is 9.89. The van der Waals surface area contributed by atoms with Gasteiger partial charge < -0.3 is 20.3 Å². The van der Waals surface area contributed by atoms with Crippen molar-refractivity contribution in [1.29, 1.82) is 0 Å². The van der Waals surface area contributed by atoms with E-state index in [4.69, 9.17) is 4.74 Å². The Labute approximate surface area is 191 Å². The van der Waals surface area contributed by atoms with Gasteiger partial charge in [0, 0.05) is 48.9 Å². The molecule has 2 aromatic rings. The molecule has 1 saturated carbocycles. The Bertz CT molecular complexity index is 951. The molecule has 1 aliphatic carbocycles. The van der Waals surface area contributed by atoms with Crippen LogP contribution in [0.1, 0.15) is 54.8 Å². The summed E-state index contributed by atoms with van der Waals surface area (Å²) in [4.78, 5) is 14.3. The van der Waals surface area contributed by atoms with E-state index in [9.17, 15) is 4.79 Å². The normalized spacial score (nSPS) is 28.9. The molecular weight excluding hydrogens is 410 g/mol. The summed E-state index contributed by atoms with van der Waals surface area (Å²) in [5.74, 6) is 1.73. The number of methoxy groups -OCH3 is 1. The van der Waals surface area contributed by atoms with Gasteiger partial charge >= 0.3 is 0 Å². The molecule has 5 nitrogen and oxygen atoms in total. The highest BCUT2D eigenvalue weighted by molar-refractivity contribution is 6.01. The second-order valence-electron chi connectivity index (χ2n) is 9.09. The van der Waals surface area contributed by atoms with Crippen LogP contribution in [0.5, 0.6) is 5.75 Å². The first kappa shape index (κ1) is 22.1. The fourth-order valence-corrected chi connectivity index (χ4v) is 5.27. The lowest BCUT2D eigenvalue weighted by Gasteiger charge is -2.37. The maximum Gasteiger partial charge on any atom is 0.230 e. The molecule has 5 atom stereocenters. The third-order valence-corrected chi connectivity index (χ3v) is 7.12. The van der Waals surface area contributed by atoms with Gasteiger partial charge in [-0.3, -0.25) is 4.79 Å². The number of halogens is 1. The van der Waals surface area contributed by atoms with Crippen LogP contribution in [0.25, 0.3) is 0 Å². The van der Waals surface area contributed by atoms with Crippen LogP contribution >= 0.6 is 12.4 Å². The van der Waals surface area contributed by atoms with E-state index in [1.807, 2.05) is 11.9 Å². The minimum atomic E-state index is 0. The van der Waals surface area contributed by atoms with Gasteiger partial charge in [0.05, 0.1) is 7.11 Å². The van der Waals surface area contributed by atoms with E-state index in [2.05, 4.69) is 60.0 Å². The van der Waals surface area contributed by atoms with E-state index in [-0.39, 0.29) is 30.3 Å². The average Bonchev–Trinajstić information content (AvgIpc) is 3.58. The van der Waals surface area contributed by atoms with Gasteiger partial charge in [-0.25, -0.2) is 0 Å². The Kier molecular flexibility index (Phi) is 6.29. The minimum Gasteiger partial charge on any atom is -0.496 e. The molecule has 0 aromatic heterocycles. The first-order valence-corrected chi connectivity index (χ1v) is 11.1. The van der Waals surface area contributed by atoms with Crippen molar-refractivity contribution in [2.24, 2.45) is 5.92 Å². The number of carbonyl (C=O) groups is 1. The monoisotopic (exact) mass is 441 g/mol. The quantitative estimate of drug-likeness (QED) is 0.731. The van der Waals surface area contributed by atoms with Crippen molar-refractivity contribution in [3.63, 3.8) is 0 Å². The molecule has 2 heterocycles. The summed E-state index contributed by atoms with van der Waals surface area (Å²) in [6, 6.07) is 16.2. The number of rotatable bonds is 5. The van der Waals surface area contributed by atoms with Crippen molar-refractivity contribution in [2.45, 2.75) is 56.8 Å². The van der Waals surface area contributed by atoms with Crippen LogP contribution in [0.2, 0.25) is 0 Å². The first-order chi connectivity index (χ1) is 14.6. The molecule has 2 N–H and O–H groups in total. The molecule has 2 aliphatic heterocycles. The van der Waals surface area contributed by atoms with Gasteiger partial charge in [-0.1, -0.05) is 30.3 Å². The molecule has 3 aliphatic rings. The number of benzene rings is 2. The second-order valence-corrected chi connectivity index (χ2v) is 9.09. The second kappa shape index (κ2) is 8.81.